The molecule has 0 aliphatic carbocycles. The first-order valence-corrected chi connectivity index (χ1v) is 10.3. The zero-order valence-electron chi connectivity index (χ0n) is 17.9. The van der Waals surface area contributed by atoms with Crippen LogP contribution in [0.15, 0.2) is 24.3 Å². The highest BCUT2D eigenvalue weighted by Crippen LogP contribution is 2.24. The van der Waals surface area contributed by atoms with Crippen molar-refractivity contribution in [2.75, 3.05) is 31.1 Å². The van der Waals surface area contributed by atoms with E-state index in [1.54, 1.807) is 0 Å². The van der Waals surface area contributed by atoms with Crippen LogP contribution in [0.1, 0.15) is 52.9 Å². The fourth-order valence-electron chi connectivity index (χ4n) is 3.91. The number of benzene rings is 1. The lowest BCUT2D eigenvalue weighted by Gasteiger charge is -2.35. The number of carbonyl (C=O) groups is 1. The van der Waals surface area contributed by atoms with Crippen LogP contribution in [-0.2, 0) is 0 Å². The van der Waals surface area contributed by atoms with E-state index in [0.29, 0.717) is 19.0 Å². The summed E-state index contributed by atoms with van der Waals surface area (Å²) in [4.78, 5) is 29.9. The summed E-state index contributed by atoms with van der Waals surface area (Å²) in [6, 6.07) is 7.99. The highest BCUT2D eigenvalue weighted by Gasteiger charge is 2.24. The molecule has 29 heavy (non-hydrogen) atoms. The number of hydrogen-bond acceptors (Lipinski definition) is 4. The maximum atomic E-state index is 13.1. The van der Waals surface area contributed by atoms with Crippen molar-refractivity contribution >= 4 is 22.6 Å². The summed E-state index contributed by atoms with van der Waals surface area (Å²) in [5, 5.41) is 1.13. The van der Waals surface area contributed by atoms with Gasteiger partial charge in [0.05, 0.1) is 0 Å². The molecule has 1 aliphatic heterocycles. The first kappa shape index (κ1) is 19.4. The fourth-order valence-corrected chi connectivity index (χ4v) is 3.91. The van der Waals surface area contributed by atoms with Gasteiger partial charge in [-0.15, -0.1) is 0 Å². The van der Waals surface area contributed by atoms with Crippen LogP contribution in [0.4, 0.5) is 5.82 Å². The third-order valence-corrected chi connectivity index (χ3v) is 5.82. The molecule has 152 valence electrons. The highest BCUT2D eigenvalue weighted by atomic mass is 16.2. The van der Waals surface area contributed by atoms with Crippen LogP contribution < -0.4 is 4.90 Å². The molecule has 1 aromatic carbocycles. The van der Waals surface area contributed by atoms with Crippen molar-refractivity contribution in [2.45, 2.75) is 40.5 Å². The smallest absolute Gasteiger partial charge is 0.253 e. The van der Waals surface area contributed by atoms with E-state index >= 15 is 0 Å². The Kier molecular flexibility index (Phi) is 5.03. The van der Waals surface area contributed by atoms with Crippen molar-refractivity contribution < 1.29 is 4.79 Å². The van der Waals surface area contributed by atoms with Crippen LogP contribution in [-0.4, -0.2) is 51.9 Å². The third-order valence-electron chi connectivity index (χ3n) is 5.82. The molecule has 0 spiro atoms. The number of aromatic nitrogens is 3. The number of anilines is 1. The van der Waals surface area contributed by atoms with Crippen LogP contribution in [0.2, 0.25) is 0 Å². The van der Waals surface area contributed by atoms with Gasteiger partial charge in [-0.05, 0) is 44.5 Å². The van der Waals surface area contributed by atoms with E-state index < -0.39 is 0 Å². The number of hydrogen-bond donors (Lipinski definition) is 1. The number of aryl methyl sites for hydroxylation is 3. The normalized spacial score (nSPS) is 14.8. The van der Waals surface area contributed by atoms with Gasteiger partial charge in [0.1, 0.15) is 11.6 Å². The SMILES string of the molecule is Cc1cc(N2CCN(C(=O)c3ccc4[nH]c(C)c(C)c4c3)CC2)nc(C(C)C)n1. The minimum absolute atomic E-state index is 0.103. The predicted molar refractivity (Wildman–Crippen MR) is 117 cm³/mol. The molecule has 2 aromatic heterocycles. The molecule has 3 heterocycles. The lowest BCUT2D eigenvalue weighted by Crippen LogP contribution is -2.49. The summed E-state index contributed by atoms with van der Waals surface area (Å²) >= 11 is 0. The average molecular weight is 392 g/mol. The summed E-state index contributed by atoms with van der Waals surface area (Å²) in [6.07, 6.45) is 0. The number of carbonyl (C=O) groups excluding carboxylic acids is 1. The Morgan fingerprint density at radius 1 is 1.03 bits per heavy atom. The van der Waals surface area contributed by atoms with E-state index in [4.69, 9.17) is 4.98 Å². The molecule has 0 saturated carbocycles. The number of nitrogens with zero attached hydrogens (tertiary/aromatic N) is 4. The van der Waals surface area contributed by atoms with Crippen molar-refractivity contribution in [2.24, 2.45) is 0 Å². The van der Waals surface area contributed by atoms with Gasteiger partial charge in [0.25, 0.3) is 5.91 Å². The Balaban J connectivity index is 1.48. The molecule has 4 rings (SSSR count). The molecule has 3 aromatic rings. The van der Waals surface area contributed by atoms with Gasteiger partial charge >= 0.3 is 0 Å². The summed E-state index contributed by atoms with van der Waals surface area (Å²) in [6.45, 7) is 13.3. The van der Waals surface area contributed by atoms with Gasteiger partial charge in [-0.2, -0.15) is 0 Å². The minimum Gasteiger partial charge on any atom is -0.358 e. The van der Waals surface area contributed by atoms with Crippen molar-refractivity contribution in [1.82, 2.24) is 19.9 Å². The Bertz CT molecular complexity index is 1060. The number of rotatable bonds is 3. The molecule has 1 saturated heterocycles. The Hall–Kier alpha value is -2.89. The van der Waals surface area contributed by atoms with Gasteiger partial charge < -0.3 is 14.8 Å². The van der Waals surface area contributed by atoms with Crippen LogP contribution in [0.3, 0.4) is 0 Å². The fraction of sp³-hybridized carbons (Fsp3) is 0.435. The first-order chi connectivity index (χ1) is 13.8. The summed E-state index contributed by atoms with van der Waals surface area (Å²) in [5.74, 6) is 2.25. The van der Waals surface area contributed by atoms with E-state index in [0.717, 1.165) is 52.6 Å². The largest absolute Gasteiger partial charge is 0.358 e. The molecular weight excluding hydrogens is 362 g/mol. The summed E-state index contributed by atoms with van der Waals surface area (Å²) in [7, 11) is 0. The van der Waals surface area contributed by atoms with Crippen molar-refractivity contribution in [3.05, 3.63) is 52.6 Å². The number of aromatic amines is 1. The van der Waals surface area contributed by atoms with E-state index in [-0.39, 0.29) is 5.91 Å². The number of H-pyrrole nitrogens is 1. The highest BCUT2D eigenvalue weighted by molar-refractivity contribution is 5.99. The molecule has 0 radical (unpaired) electrons. The Morgan fingerprint density at radius 2 is 1.76 bits per heavy atom. The molecule has 0 bridgehead atoms. The van der Waals surface area contributed by atoms with Crippen LogP contribution in [0.25, 0.3) is 10.9 Å². The van der Waals surface area contributed by atoms with Gasteiger partial charge in [-0.3, -0.25) is 4.79 Å². The van der Waals surface area contributed by atoms with Crippen LogP contribution in [0, 0.1) is 20.8 Å². The molecule has 6 nitrogen and oxygen atoms in total. The number of fused-ring (bicyclic) bond motifs is 1. The Morgan fingerprint density at radius 3 is 2.45 bits per heavy atom. The topological polar surface area (TPSA) is 65.1 Å². The monoisotopic (exact) mass is 391 g/mol. The standard InChI is InChI=1S/C23H29N5O/c1-14(2)22-24-15(3)12-21(26-22)27-8-10-28(11-9-27)23(29)18-6-7-20-19(13-18)16(4)17(5)25-20/h6-7,12-14,25H,8-11H2,1-5H3. The average Bonchev–Trinajstić information content (AvgIpc) is 3.00. The van der Waals surface area contributed by atoms with Crippen LogP contribution in [0.5, 0.6) is 0 Å². The van der Waals surface area contributed by atoms with Gasteiger partial charge in [0.15, 0.2) is 0 Å². The Labute approximate surface area is 172 Å². The zero-order valence-corrected chi connectivity index (χ0v) is 17.9. The van der Waals surface area contributed by atoms with E-state index in [1.807, 2.05) is 36.1 Å². The quantitative estimate of drug-likeness (QED) is 0.734. The molecule has 0 atom stereocenters. The van der Waals surface area contributed by atoms with Crippen molar-refractivity contribution in [3.63, 3.8) is 0 Å². The van der Waals surface area contributed by atoms with Crippen molar-refractivity contribution in [1.29, 1.82) is 0 Å². The number of amides is 1. The second-order valence-corrected chi connectivity index (χ2v) is 8.30. The van der Waals surface area contributed by atoms with Gasteiger partial charge in [0, 0.05) is 66.0 Å². The van der Waals surface area contributed by atoms with Gasteiger partial charge in [0.2, 0.25) is 0 Å². The molecule has 0 unspecified atom stereocenters. The molecule has 1 fully saturated rings. The lowest BCUT2D eigenvalue weighted by molar-refractivity contribution is 0.0746. The number of nitrogens with one attached hydrogen (secondary N) is 1. The predicted octanol–water partition coefficient (Wildman–Crippen LogP) is 3.97. The molecule has 1 amide bonds. The van der Waals surface area contributed by atoms with Gasteiger partial charge in [-0.25, -0.2) is 9.97 Å². The van der Waals surface area contributed by atoms with E-state index in [1.165, 1.54) is 5.56 Å². The zero-order chi connectivity index (χ0) is 20.7. The molecular formula is C23H29N5O. The number of piperazine rings is 1. The van der Waals surface area contributed by atoms with Gasteiger partial charge in [-0.1, -0.05) is 13.8 Å². The van der Waals surface area contributed by atoms with Crippen LogP contribution >= 0.6 is 0 Å². The summed E-state index contributed by atoms with van der Waals surface area (Å²) in [5.41, 5.74) is 5.19. The second-order valence-electron chi connectivity index (χ2n) is 8.30. The maximum Gasteiger partial charge on any atom is 0.253 e. The maximum absolute atomic E-state index is 13.1. The molecule has 6 heteroatoms. The van der Waals surface area contributed by atoms with E-state index in [2.05, 4.69) is 42.6 Å². The summed E-state index contributed by atoms with van der Waals surface area (Å²) < 4.78 is 0. The first-order valence-electron chi connectivity index (χ1n) is 10.3. The third kappa shape index (κ3) is 3.71. The van der Waals surface area contributed by atoms with E-state index in [9.17, 15) is 4.79 Å². The van der Waals surface area contributed by atoms with Crippen molar-refractivity contribution in [3.8, 4) is 0 Å². The molecule has 1 aliphatic rings. The second kappa shape index (κ2) is 7.50. The molecule has 1 N–H and O–H groups in total. The minimum atomic E-state index is 0.103. The lowest BCUT2D eigenvalue weighted by atomic mass is 10.1.